The first-order valence-corrected chi connectivity index (χ1v) is 16.1. The number of amides is 1. The summed E-state index contributed by atoms with van der Waals surface area (Å²) in [4.78, 5) is 18.1. The third kappa shape index (κ3) is 7.53. The van der Waals surface area contributed by atoms with E-state index in [1.165, 1.54) is 67.6 Å². The quantitative estimate of drug-likeness (QED) is 0.369. The van der Waals surface area contributed by atoms with Crippen molar-refractivity contribution in [1.29, 1.82) is 0 Å². The van der Waals surface area contributed by atoms with Crippen molar-refractivity contribution < 1.29 is 4.79 Å². The Morgan fingerprint density at radius 1 is 0.902 bits per heavy atom. The lowest BCUT2D eigenvalue weighted by Crippen LogP contribution is -2.42. The number of hydrogen-bond donors (Lipinski definition) is 3. The Balaban J connectivity index is 0.997. The van der Waals surface area contributed by atoms with Gasteiger partial charge in [0.25, 0.3) is 0 Å². The van der Waals surface area contributed by atoms with E-state index in [4.69, 9.17) is 0 Å². The second-order valence-corrected chi connectivity index (χ2v) is 12.4. The predicted molar refractivity (Wildman–Crippen MR) is 166 cm³/mol. The Hall–Kier alpha value is -3.25. The topological polar surface area (TPSA) is 59.6 Å². The lowest BCUT2D eigenvalue weighted by atomic mass is 9.97. The normalized spacial score (nSPS) is 23.2. The number of nitrogens with one attached hydrogen (secondary N) is 3. The van der Waals surface area contributed by atoms with Crippen molar-refractivity contribution in [2.75, 3.05) is 26.2 Å². The molecule has 2 aliphatic carbocycles. The molecule has 5 aliphatic rings. The SMILES string of the molecule is O=C(CCC(NC1CCN(Cc2ccccc2)CC1)=C1CCCC1)NC1=CC2=CC=C(N3CCCCC3)NC2C=C1. The van der Waals surface area contributed by atoms with Crippen LogP contribution >= 0.6 is 0 Å². The van der Waals surface area contributed by atoms with Crippen LogP contribution in [0.25, 0.3) is 0 Å². The molecule has 41 heavy (non-hydrogen) atoms. The van der Waals surface area contributed by atoms with Gasteiger partial charge in [0.15, 0.2) is 0 Å². The minimum atomic E-state index is 0.101. The van der Waals surface area contributed by atoms with E-state index in [-0.39, 0.29) is 11.9 Å². The van der Waals surface area contributed by atoms with E-state index in [0.29, 0.717) is 12.5 Å². The molecular weight excluding hydrogens is 506 g/mol. The second-order valence-electron chi connectivity index (χ2n) is 12.4. The van der Waals surface area contributed by atoms with E-state index in [0.717, 1.165) is 57.7 Å². The highest BCUT2D eigenvalue weighted by Crippen LogP contribution is 2.29. The molecule has 3 fully saturated rings. The highest BCUT2D eigenvalue weighted by molar-refractivity contribution is 5.79. The van der Waals surface area contributed by atoms with Gasteiger partial charge in [-0.15, -0.1) is 0 Å². The average molecular weight is 554 g/mol. The van der Waals surface area contributed by atoms with Crippen LogP contribution in [-0.4, -0.2) is 54.0 Å². The molecule has 3 N–H and O–H groups in total. The molecule has 1 amide bonds. The molecule has 6 heteroatoms. The first-order valence-electron chi connectivity index (χ1n) is 16.1. The molecule has 1 aromatic rings. The zero-order chi connectivity index (χ0) is 27.9. The summed E-state index contributed by atoms with van der Waals surface area (Å²) in [6, 6.07) is 11.5. The zero-order valence-corrected chi connectivity index (χ0v) is 24.5. The van der Waals surface area contributed by atoms with Gasteiger partial charge in [0.05, 0.1) is 6.04 Å². The van der Waals surface area contributed by atoms with Crippen molar-refractivity contribution in [1.82, 2.24) is 25.8 Å². The molecule has 1 aromatic carbocycles. The monoisotopic (exact) mass is 553 g/mol. The molecule has 1 atom stereocenters. The summed E-state index contributed by atoms with van der Waals surface area (Å²) in [5.74, 6) is 1.33. The maximum atomic E-state index is 13.1. The van der Waals surface area contributed by atoms with E-state index in [1.807, 2.05) is 0 Å². The summed E-state index contributed by atoms with van der Waals surface area (Å²) < 4.78 is 0. The van der Waals surface area contributed by atoms with Crippen LogP contribution in [0.2, 0.25) is 0 Å². The van der Waals surface area contributed by atoms with Crippen molar-refractivity contribution in [3.63, 3.8) is 0 Å². The van der Waals surface area contributed by atoms with Crippen molar-refractivity contribution in [2.45, 2.75) is 89.3 Å². The maximum absolute atomic E-state index is 13.1. The minimum Gasteiger partial charge on any atom is -0.386 e. The van der Waals surface area contributed by atoms with Crippen molar-refractivity contribution in [3.05, 3.63) is 94.6 Å². The van der Waals surface area contributed by atoms with Crippen LogP contribution in [0.5, 0.6) is 0 Å². The van der Waals surface area contributed by atoms with Crippen LogP contribution in [0.1, 0.15) is 76.2 Å². The fraction of sp³-hybridized carbons (Fsp3) is 0.514. The highest BCUT2D eigenvalue weighted by Gasteiger charge is 2.24. The Morgan fingerprint density at radius 2 is 1.68 bits per heavy atom. The number of carbonyl (C=O) groups excluding carboxylic acids is 1. The van der Waals surface area contributed by atoms with Gasteiger partial charge in [-0.25, -0.2) is 0 Å². The largest absolute Gasteiger partial charge is 0.386 e. The smallest absolute Gasteiger partial charge is 0.224 e. The van der Waals surface area contributed by atoms with Gasteiger partial charge in [0.2, 0.25) is 5.91 Å². The summed E-state index contributed by atoms with van der Waals surface area (Å²) in [5, 5.41) is 10.8. The molecule has 0 bridgehead atoms. The highest BCUT2D eigenvalue weighted by atomic mass is 16.1. The second kappa shape index (κ2) is 13.6. The Bertz CT molecular complexity index is 1200. The minimum absolute atomic E-state index is 0.101. The number of fused-ring (bicyclic) bond motifs is 1. The van der Waals surface area contributed by atoms with E-state index in [2.05, 4.69) is 86.5 Å². The van der Waals surface area contributed by atoms with Gasteiger partial charge < -0.3 is 20.9 Å². The molecule has 3 aliphatic heterocycles. The van der Waals surface area contributed by atoms with Gasteiger partial charge >= 0.3 is 0 Å². The number of piperidine rings is 2. The molecule has 6 rings (SSSR count). The first-order chi connectivity index (χ1) is 20.2. The standard InChI is InChI=1S/C35H47N5O/c41-35(37-31-14-15-33-29(25-31)13-17-34(38-33)40-21-7-2-8-22-40)18-16-32(28-11-5-6-12-28)36-30-19-23-39(24-20-30)26-27-9-3-1-4-10-27/h1,3-4,9-10,13-15,17,25,30,33,36,38H,2,5-8,11-12,16,18-24,26H2,(H,37,41). The molecule has 218 valence electrons. The number of benzene rings is 1. The summed E-state index contributed by atoms with van der Waals surface area (Å²) in [5.41, 5.74) is 6.40. The third-order valence-electron chi connectivity index (χ3n) is 9.32. The van der Waals surface area contributed by atoms with Gasteiger partial charge in [-0.1, -0.05) is 48.1 Å². The van der Waals surface area contributed by atoms with Crippen molar-refractivity contribution in [2.24, 2.45) is 0 Å². The van der Waals surface area contributed by atoms with Crippen LogP contribution < -0.4 is 16.0 Å². The number of carbonyl (C=O) groups is 1. The van der Waals surface area contributed by atoms with E-state index < -0.39 is 0 Å². The summed E-state index contributed by atoms with van der Waals surface area (Å²) >= 11 is 0. The number of nitrogens with zero attached hydrogens (tertiary/aromatic N) is 2. The van der Waals surface area contributed by atoms with Crippen molar-refractivity contribution in [3.8, 4) is 0 Å². The first kappa shape index (κ1) is 27.9. The number of likely N-dealkylation sites (tertiary alicyclic amines) is 2. The fourth-order valence-electron chi connectivity index (χ4n) is 6.94. The number of rotatable bonds is 9. The summed E-state index contributed by atoms with van der Waals surface area (Å²) in [6.07, 6.45) is 23.2. The number of allylic oxidation sites excluding steroid dienone is 5. The van der Waals surface area contributed by atoms with Crippen LogP contribution in [0.3, 0.4) is 0 Å². The lowest BCUT2D eigenvalue weighted by molar-refractivity contribution is -0.120. The van der Waals surface area contributed by atoms with E-state index >= 15 is 0 Å². The van der Waals surface area contributed by atoms with Gasteiger partial charge in [0.1, 0.15) is 5.82 Å². The molecule has 1 saturated carbocycles. The lowest BCUT2D eigenvalue weighted by Gasteiger charge is -2.36. The van der Waals surface area contributed by atoms with Gasteiger partial charge in [-0.2, -0.15) is 0 Å². The van der Waals surface area contributed by atoms with Crippen LogP contribution in [-0.2, 0) is 11.3 Å². The molecule has 6 nitrogen and oxygen atoms in total. The molecule has 0 spiro atoms. The summed E-state index contributed by atoms with van der Waals surface area (Å²) in [6.45, 7) is 5.55. The van der Waals surface area contributed by atoms with Crippen LogP contribution in [0, 0.1) is 0 Å². The Morgan fingerprint density at radius 3 is 2.46 bits per heavy atom. The molecular formula is C35H47N5O. The maximum Gasteiger partial charge on any atom is 0.224 e. The molecule has 2 saturated heterocycles. The van der Waals surface area contributed by atoms with Crippen LogP contribution in [0.4, 0.5) is 0 Å². The Kier molecular flexibility index (Phi) is 9.26. The predicted octanol–water partition coefficient (Wildman–Crippen LogP) is 5.64. The van der Waals surface area contributed by atoms with Crippen molar-refractivity contribution >= 4 is 5.91 Å². The van der Waals surface area contributed by atoms with Gasteiger partial charge in [-0.05, 0) is 93.6 Å². The molecule has 0 radical (unpaired) electrons. The molecule has 0 aromatic heterocycles. The molecule has 3 heterocycles. The number of hydrogen-bond acceptors (Lipinski definition) is 5. The fourth-order valence-corrected chi connectivity index (χ4v) is 6.94. The zero-order valence-electron chi connectivity index (χ0n) is 24.5. The molecule has 1 unspecified atom stereocenters. The average Bonchev–Trinajstić information content (AvgIpc) is 3.56. The third-order valence-corrected chi connectivity index (χ3v) is 9.32. The van der Waals surface area contributed by atoms with E-state index in [1.54, 1.807) is 5.57 Å². The van der Waals surface area contributed by atoms with E-state index in [9.17, 15) is 4.79 Å². The number of dihydropyridines is 1. The van der Waals surface area contributed by atoms with Gasteiger partial charge in [0, 0.05) is 56.6 Å². The summed E-state index contributed by atoms with van der Waals surface area (Å²) in [7, 11) is 0. The van der Waals surface area contributed by atoms with Crippen LogP contribution in [0.15, 0.2) is 89.1 Å². The Labute approximate surface area is 246 Å². The van der Waals surface area contributed by atoms with Gasteiger partial charge in [-0.3, -0.25) is 9.69 Å².